The number of nitrogens with zero attached hydrogens (tertiary/aromatic N) is 2. The number of likely N-dealkylation sites (tertiary alicyclic amines) is 1. The van der Waals surface area contributed by atoms with Gasteiger partial charge in [-0.2, -0.15) is 0 Å². The van der Waals surface area contributed by atoms with Gasteiger partial charge in [0.15, 0.2) is 11.5 Å². The number of amides is 3. The summed E-state index contributed by atoms with van der Waals surface area (Å²) in [6.45, 7) is 11.3. The van der Waals surface area contributed by atoms with Crippen LogP contribution in [0.1, 0.15) is 87.2 Å². The van der Waals surface area contributed by atoms with Crippen LogP contribution in [0.25, 0.3) is 0 Å². The van der Waals surface area contributed by atoms with Gasteiger partial charge in [-0.05, 0) is 89.1 Å². The first-order valence-corrected chi connectivity index (χ1v) is 15.0. The van der Waals surface area contributed by atoms with Crippen LogP contribution >= 0.6 is 0 Å². The number of ether oxygens (including phenoxy) is 4. The minimum absolute atomic E-state index is 0.0557. The number of hydrogen-bond acceptors (Lipinski definition) is 7. The Labute approximate surface area is 254 Å². The number of carbonyl (C=O) groups is 3. The van der Waals surface area contributed by atoms with Gasteiger partial charge in [0, 0.05) is 43.2 Å². The van der Waals surface area contributed by atoms with Crippen LogP contribution in [0.2, 0.25) is 0 Å². The third-order valence-electron chi connectivity index (χ3n) is 8.04. The van der Waals surface area contributed by atoms with E-state index >= 15 is 0 Å². The van der Waals surface area contributed by atoms with E-state index in [1.165, 1.54) is 0 Å². The summed E-state index contributed by atoms with van der Waals surface area (Å²) in [4.78, 5) is 42.1. The first-order chi connectivity index (χ1) is 20.4. The van der Waals surface area contributed by atoms with Gasteiger partial charge in [-0.15, -0.1) is 0 Å². The molecule has 0 aromatic heterocycles. The number of piperidine rings is 1. The first kappa shape index (κ1) is 32.0. The lowest BCUT2D eigenvalue weighted by molar-refractivity contribution is 0.0204. The maximum Gasteiger partial charge on any atom is 0.414 e. The molecule has 0 saturated carbocycles. The highest BCUT2D eigenvalue weighted by Gasteiger charge is 2.36. The molecule has 1 fully saturated rings. The molecule has 2 aliphatic heterocycles. The van der Waals surface area contributed by atoms with Crippen molar-refractivity contribution in [2.24, 2.45) is 0 Å². The predicted octanol–water partition coefficient (Wildman–Crippen LogP) is 6.09. The molecule has 2 atom stereocenters. The van der Waals surface area contributed by atoms with E-state index in [-0.39, 0.29) is 36.5 Å². The second kappa shape index (κ2) is 13.6. The van der Waals surface area contributed by atoms with Gasteiger partial charge in [-0.1, -0.05) is 12.1 Å². The molecular formula is C33H45N3O7. The number of fused-ring (bicyclic) bond motifs is 1. The molecule has 2 aliphatic rings. The number of carbonyl (C=O) groups excluding carboxylic acids is 3. The van der Waals surface area contributed by atoms with Gasteiger partial charge in [0.25, 0.3) is 5.91 Å². The zero-order chi connectivity index (χ0) is 31.3. The highest BCUT2D eigenvalue weighted by atomic mass is 16.6. The molecule has 1 N–H and O–H groups in total. The fourth-order valence-corrected chi connectivity index (χ4v) is 5.94. The van der Waals surface area contributed by atoms with Crippen molar-refractivity contribution in [2.75, 3.05) is 45.4 Å². The molecule has 4 rings (SSSR count). The Hall–Kier alpha value is -3.95. The van der Waals surface area contributed by atoms with Crippen LogP contribution in [0.15, 0.2) is 36.4 Å². The Balaban J connectivity index is 1.45. The molecule has 0 bridgehead atoms. The van der Waals surface area contributed by atoms with Crippen LogP contribution in [-0.4, -0.2) is 75.1 Å². The molecule has 0 radical (unpaired) electrons. The van der Waals surface area contributed by atoms with E-state index < -0.39 is 11.7 Å². The number of rotatable bonds is 7. The molecule has 2 aromatic carbocycles. The smallest absolute Gasteiger partial charge is 0.414 e. The van der Waals surface area contributed by atoms with E-state index in [2.05, 4.69) is 5.32 Å². The molecule has 3 amide bonds. The number of methoxy groups -OCH3 is 2. The second-order valence-electron chi connectivity index (χ2n) is 12.2. The van der Waals surface area contributed by atoms with E-state index in [9.17, 15) is 14.4 Å². The van der Waals surface area contributed by atoms with E-state index in [4.69, 9.17) is 18.9 Å². The van der Waals surface area contributed by atoms with Gasteiger partial charge in [-0.3, -0.25) is 9.69 Å². The summed E-state index contributed by atoms with van der Waals surface area (Å²) >= 11 is 0. The summed E-state index contributed by atoms with van der Waals surface area (Å²) in [6.07, 6.45) is 1.56. The Kier molecular flexibility index (Phi) is 10.1. The van der Waals surface area contributed by atoms with Crippen LogP contribution in [0, 0.1) is 0 Å². The minimum Gasteiger partial charge on any atom is -0.493 e. The fraction of sp³-hybridized carbons (Fsp3) is 0.545. The second-order valence-corrected chi connectivity index (χ2v) is 12.2. The summed E-state index contributed by atoms with van der Waals surface area (Å²) in [5, 5.41) is 3.12. The van der Waals surface area contributed by atoms with Crippen LogP contribution in [0.5, 0.6) is 11.5 Å². The van der Waals surface area contributed by atoms with Gasteiger partial charge >= 0.3 is 12.2 Å². The fourth-order valence-electron chi connectivity index (χ4n) is 5.94. The molecule has 10 nitrogen and oxygen atoms in total. The summed E-state index contributed by atoms with van der Waals surface area (Å²) in [6, 6.07) is 11.3. The van der Waals surface area contributed by atoms with Crippen LogP contribution in [-0.2, 0) is 9.47 Å². The Morgan fingerprint density at radius 2 is 1.65 bits per heavy atom. The average molecular weight is 596 g/mol. The lowest BCUT2D eigenvalue weighted by Crippen LogP contribution is -2.45. The molecule has 2 heterocycles. The highest BCUT2D eigenvalue weighted by Crippen LogP contribution is 2.44. The average Bonchev–Trinajstić information content (AvgIpc) is 2.98. The van der Waals surface area contributed by atoms with Crippen molar-refractivity contribution in [1.82, 2.24) is 10.2 Å². The van der Waals surface area contributed by atoms with Crippen molar-refractivity contribution >= 4 is 23.8 Å². The van der Waals surface area contributed by atoms with Gasteiger partial charge in [0.1, 0.15) is 5.60 Å². The normalized spacial score (nSPS) is 18.9. The van der Waals surface area contributed by atoms with E-state index in [1.54, 1.807) is 37.0 Å². The number of anilines is 1. The maximum atomic E-state index is 13.4. The monoisotopic (exact) mass is 595 g/mol. The summed E-state index contributed by atoms with van der Waals surface area (Å²) in [7, 11) is 3.13. The third-order valence-corrected chi connectivity index (χ3v) is 8.04. The summed E-state index contributed by atoms with van der Waals surface area (Å²) in [5.41, 5.74) is 2.74. The van der Waals surface area contributed by atoms with Crippen molar-refractivity contribution in [2.45, 2.75) is 77.4 Å². The van der Waals surface area contributed by atoms with E-state index in [1.807, 2.05) is 58.0 Å². The van der Waals surface area contributed by atoms with Gasteiger partial charge in [0.2, 0.25) is 0 Å². The minimum atomic E-state index is -0.521. The van der Waals surface area contributed by atoms with E-state index in [0.29, 0.717) is 48.8 Å². The van der Waals surface area contributed by atoms with E-state index in [0.717, 1.165) is 24.0 Å². The van der Waals surface area contributed by atoms with Crippen LogP contribution < -0.4 is 19.7 Å². The number of nitrogens with one attached hydrogen (secondary N) is 1. The molecule has 43 heavy (non-hydrogen) atoms. The Bertz CT molecular complexity index is 1310. The zero-order valence-corrected chi connectivity index (χ0v) is 26.4. The summed E-state index contributed by atoms with van der Waals surface area (Å²) < 4.78 is 21.9. The van der Waals surface area contributed by atoms with Crippen molar-refractivity contribution < 1.29 is 33.3 Å². The lowest BCUT2D eigenvalue weighted by Gasteiger charge is -2.39. The Morgan fingerprint density at radius 1 is 0.977 bits per heavy atom. The SMILES string of the molecule is CCOC(=O)N1c2cc(OC)c(OC)cc2C(CNC(=O)c2cccc(C3CCN(C(=O)OC(C)(C)C)CC3)c2)CC1C. The number of benzene rings is 2. The van der Waals surface area contributed by atoms with Gasteiger partial charge in [-0.25, -0.2) is 9.59 Å². The molecule has 0 spiro atoms. The van der Waals surface area contributed by atoms with Crippen molar-refractivity contribution in [3.05, 3.63) is 53.1 Å². The lowest BCUT2D eigenvalue weighted by atomic mass is 9.85. The topological polar surface area (TPSA) is 107 Å². The molecule has 2 unspecified atom stereocenters. The van der Waals surface area contributed by atoms with Crippen molar-refractivity contribution in [3.63, 3.8) is 0 Å². The first-order valence-electron chi connectivity index (χ1n) is 15.0. The van der Waals surface area contributed by atoms with Crippen LogP contribution in [0.4, 0.5) is 15.3 Å². The molecular weight excluding hydrogens is 550 g/mol. The van der Waals surface area contributed by atoms with Gasteiger partial charge in [0.05, 0.1) is 26.5 Å². The Morgan fingerprint density at radius 3 is 2.28 bits per heavy atom. The summed E-state index contributed by atoms with van der Waals surface area (Å²) in [5.74, 6) is 1.12. The standard InChI is InChI=1S/C33H45N3O7/c1-8-42-32(39)36-21(2)16-25(26-18-28(40-6)29(41-7)19-27(26)36)20-34-30(37)24-11-9-10-23(17-24)22-12-14-35(15-13-22)31(38)43-33(3,4)5/h9-11,17-19,21-22,25H,8,12-16,20H2,1-7H3,(H,34,37). The number of hydrogen-bond donors (Lipinski definition) is 1. The van der Waals surface area contributed by atoms with Gasteiger partial charge < -0.3 is 29.2 Å². The molecule has 0 aliphatic carbocycles. The molecule has 234 valence electrons. The van der Waals surface area contributed by atoms with Crippen molar-refractivity contribution in [3.8, 4) is 11.5 Å². The quantitative estimate of drug-likeness (QED) is 0.413. The third kappa shape index (κ3) is 7.53. The molecule has 10 heteroatoms. The molecule has 2 aromatic rings. The predicted molar refractivity (Wildman–Crippen MR) is 164 cm³/mol. The zero-order valence-electron chi connectivity index (χ0n) is 26.4. The maximum absolute atomic E-state index is 13.4. The van der Waals surface area contributed by atoms with Crippen LogP contribution in [0.3, 0.4) is 0 Å². The highest BCUT2D eigenvalue weighted by molar-refractivity contribution is 5.94. The largest absolute Gasteiger partial charge is 0.493 e. The molecule has 1 saturated heterocycles. The van der Waals surface area contributed by atoms with Crippen molar-refractivity contribution in [1.29, 1.82) is 0 Å².